The molecule has 1 aromatic heterocycles. The van der Waals surface area contributed by atoms with Gasteiger partial charge in [-0.25, -0.2) is 9.37 Å². The van der Waals surface area contributed by atoms with Crippen LogP contribution in [0.3, 0.4) is 0 Å². The summed E-state index contributed by atoms with van der Waals surface area (Å²) in [7, 11) is 3.86. The predicted molar refractivity (Wildman–Crippen MR) is 130 cm³/mol. The lowest BCUT2D eigenvalue weighted by Gasteiger charge is -2.36. The van der Waals surface area contributed by atoms with E-state index in [4.69, 9.17) is 0 Å². The molecule has 2 aliphatic heterocycles. The molecular formula is C24H31FN6O3S. The van der Waals surface area contributed by atoms with E-state index >= 15 is 0 Å². The van der Waals surface area contributed by atoms with Crippen LogP contribution >= 0.6 is 11.3 Å². The van der Waals surface area contributed by atoms with Gasteiger partial charge in [0.1, 0.15) is 17.6 Å². The van der Waals surface area contributed by atoms with Gasteiger partial charge in [-0.15, -0.1) is 11.3 Å². The Bertz CT molecular complexity index is 1050. The van der Waals surface area contributed by atoms with Crippen LogP contribution in [0.5, 0.6) is 0 Å². The standard InChI is InChI=1S/C24H31FN6O3S/c1-29-11-12-30(2)20(14-29)23(34)28-27-22(33)19-15-35-24(26-19)17-7-9-31(10-8-17)21(32)13-16-3-5-18(25)6-4-16/h3-6,15,17,20H,7-14H2,1-2H3,(H,27,33)(H,28,34). The monoisotopic (exact) mass is 502 g/mol. The third-order valence-electron chi connectivity index (χ3n) is 6.67. The Kier molecular flexibility index (Phi) is 8.09. The molecule has 4 rings (SSSR count). The van der Waals surface area contributed by atoms with Gasteiger partial charge in [0.05, 0.1) is 11.4 Å². The molecule has 0 radical (unpaired) electrons. The highest BCUT2D eigenvalue weighted by Crippen LogP contribution is 2.30. The Hall–Kier alpha value is -2.89. The van der Waals surface area contributed by atoms with Gasteiger partial charge in [0, 0.05) is 44.0 Å². The fraction of sp³-hybridized carbons (Fsp3) is 0.500. The first kappa shape index (κ1) is 25.2. The van der Waals surface area contributed by atoms with E-state index in [0.717, 1.165) is 36.5 Å². The average molecular weight is 503 g/mol. The minimum Gasteiger partial charge on any atom is -0.342 e. The van der Waals surface area contributed by atoms with Crippen LogP contribution < -0.4 is 10.9 Å². The number of carbonyl (C=O) groups excluding carboxylic acids is 3. The molecule has 0 aliphatic carbocycles. The zero-order chi connectivity index (χ0) is 24.9. The second-order valence-electron chi connectivity index (χ2n) is 9.23. The Morgan fingerprint density at radius 2 is 1.77 bits per heavy atom. The number of thiazole rings is 1. The number of hydrogen-bond donors (Lipinski definition) is 2. The molecule has 2 aliphatic rings. The maximum absolute atomic E-state index is 13.1. The van der Waals surface area contributed by atoms with Crippen molar-refractivity contribution in [3.63, 3.8) is 0 Å². The van der Waals surface area contributed by atoms with E-state index in [1.165, 1.54) is 23.5 Å². The number of halogens is 1. The minimum absolute atomic E-state index is 0.0276. The summed E-state index contributed by atoms with van der Waals surface area (Å²) in [5.74, 6) is -0.803. The van der Waals surface area contributed by atoms with Crippen molar-refractivity contribution in [2.75, 3.05) is 46.8 Å². The van der Waals surface area contributed by atoms with Crippen molar-refractivity contribution in [1.82, 2.24) is 30.5 Å². The van der Waals surface area contributed by atoms with Crippen molar-refractivity contribution in [2.24, 2.45) is 0 Å². The molecule has 1 atom stereocenters. The fourth-order valence-electron chi connectivity index (χ4n) is 4.40. The van der Waals surface area contributed by atoms with Crippen molar-refractivity contribution < 1.29 is 18.8 Å². The molecule has 2 fully saturated rings. The molecule has 11 heteroatoms. The number of carbonyl (C=O) groups is 3. The first-order valence-electron chi connectivity index (χ1n) is 11.8. The van der Waals surface area contributed by atoms with Crippen molar-refractivity contribution in [3.8, 4) is 0 Å². The molecule has 0 saturated carbocycles. The van der Waals surface area contributed by atoms with Crippen LogP contribution in [0.15, 0.2) is 29.6 Å². The first-order chi connectivity index (χ1) is 16.8. The van der Waals surface area contributed by atoms with Gasteiger partial charge in [0.25, 0.3) is 11.8 Å². The number of nitrogens with one attached hydrogen (secondary N) is 2. The van der Waals surface area contributed by atoms with Crippen molar-refractivity contribution >= 4 is 29.1 Å². The van der Waals surface area contributed by atoms with Gasteiger partial charge in [-0.2, -0.15) is 0 Å². The Balaban J connectivity index is 1.24. The van der Waals surface area contributed by atoms with Crippen LogP contribution in [0.1, 0.15) is 39.8 Å². The van der Waals surface area contributed by atoms with Crippen molar-refractivity contribution in [3.05, 3.63) is 51.7 Å². The highest BCUT2D eigenvalue weighted by atomic mass is 32.1. The molecule has 0 bridgehead atoms. The Labute approximate surface area is 208 Å². The van der Waals surface area contributed by atoms with Crippen LogP contribution in [0, 0.1) is 5.82 Å². The second kappa shape index (κ2) is 11.2. The topological polar surface area (TPSA) is 97.9 Å². The molecule has 0 spiro atoms. The third-order valence-corrected chi connectivity index (χ3v) is 7.68. The van der Waals surface area contributed by atoms with Gasteiger partial charge in [-0.05, 0) is 44.6 Å². The van der Waals surface area contributed by atoms with Gasteiger partial charge in [-0.3, -0.25) is 30.1 Å². The molecule has 9 nitrogen and oxygen atoms in total. The second-order valence-corrected chi connectivity index (χ2v) is 10.1. The highest BCUT2D eigenvalue weighted by Gasteiger charge is 2.29. The average Bonchev–Trinajstić information content (AvgIpc) is 3.36. The van der Waals surface area contributed by atoms with E-state index in [0.29, 0.717) is 19.6 Å². The zero-order valence-corrected chi connectivity index (χ0v) is 20.8. The van der Waals surface area contributed by atoms with E-state index in [1.54, 1.807) is 17.5 Å². The van der Waals surface area contributed by atoms with E-state index in [1.807, 2.05) is 23.9 Å². The van der Waals surface area contributed by atoms with Crippen LogP contribution in [-0.2, 0) is 16.0 Å². The molecule has 1 aromatic carbocycles. The number of likely N-dealkylation sites (tertiary alicyclic amines) is 1. The van der Waals surface area contributed by atoms with E-state index in [9.17, 15) is 18.8 Å². The quantitative estimate of drug-likeness (QED) is 0.597. The number of hydrazine groups is 1. The minimum atomic E-state index is -0.445. The summed E-state index contributed by atoms with van der Waals surface area (Å²) in [6.07, 6.45) is 1.79. The molecule has 188 valence electrons. The summed E-state index contributed by atoms with van der Waals surface area (Å²) in [6, 6.07) is 5.68. The van der Waals surface area contributed by atoms with E-state index in [-0.39, 0.29) is 41.7 Å². The molecule has 2 N–H and O–H groups in total. The van der Waals surface area contributed by atoms with Crippen LogP contribution in [0.25, 0.3) is 0 Å². The molecule has 3 amide bonds. The van der Waals surface area contributed by atoms with Gasteiger partial charge >= 0.3 is 0 Å². The summed E-state index contributed by atoms with van der Waals surface area (Å²) in [5, 5.41) is 2.56. The maximum Gasteiger partial charge on any atom is 0.289 e. The maximum atomic E-state index is 13.1. The summed E-state index contributed by atoms with van der Waals surface area (Å²) < 4.78 is 13.1. The first-order valence-corrected chi connectivity index (χ1v) is 12.6. The highest BCUT2D eigenvalue weighted by molar-refractivity contribution is 7.09. The number of hydrogen-bond acceptors (Lipinski definition) is 7. The van der Waals surface area contributed by atoms with Crippen LogP contribution in [-0.4, -0.2) is 90.3 Å². The number of piperazine rings is 1. The molecule has 35 heavy (non-hydrogen) atoms. The molecule has 1 unspecified atom stereocenters. The predicted octanol–water partition coefficient (Wildman–Crippen LogP) is 1.24. The van der Waals surface area contributed by atoms with Gasteiger partial charge in [-0.1, -0.05) is 12.1 Å². The molecule has 2 aromatic rings. The molecule has 3 heterocycles. The summed E-state index contributed by atoms with van der Waals surface area (Å²) in [6.45, 7) is 3.52. The SMILES string of the molecule is CN1CCN(C)C(C(=O)NNC(=O)c2csc(C3CCN(C(=O)Cc4ccc(F)cc4)CC3)n2)C1. The van der Waals surface area contributed by atoms with E-state index in [2.05, 4.69) is 20.7 Å². The molecule has 2 saturated heterocycles. The molecular weight excluding hydrogens is 471 g/mol. The number of amides is 3. The number of aromatic nitrogens is 1. The summed E-state index contributed by atoms with van der Waals surface area (Å²) >= 11 is 1.42. The third kappa shape index (κ3) is 6.41. The van der Waals surface area contributed by atoms with Gasteiger partial charge < -0.3 is 9.80 Å². The van der Waals surface area contributed by atoms with Crippen molar-refractivity contribution in [2.45, 2.75) is 31.2 Å². The van der Waals surface area contributed by atoms with Gasteiger partial charge in [0.15, 0.2) is 0 Å². The number of nitrogens with zero attached hydrogens (tertiary/aromatic N) is 4. The number of likely N-dealkylation sites (N-methyl/N-ethyl adjacent to an activating group) is 2. The van der Waals surface area contributed by atoms with Gasteiger partial charge in [0.2, 0.25) is 5.91 Å². The number of benzene rings is 1. The lowest BCUT2D eigenvalue weighted by Crippen LogP contribution is -2.59. The summed E-state index contributed by atoms with van der Waals surface area (Å²) in [5.41, 5.74) is 6.07. The zero-order valence-electron chi connectivity index (χ0n) is 20.0. The largest absolute Gasteiger partial charge is 0.342 e. The fourth-order valence-corrected chi connectivity index (χ4v) is 5.37. The lowest BCUT2D eigenvalue weighted by atomic mass is 9.97. The Morgan fingerprint density at radius 3 is 2.49 bits per heavy atom. The van der Waals surface area contributed by atoms with Crippen LogP contribution in [0.4, 0.5) is 4.39 Å². The normalized spacial score (nSPS) is 20.0. The number of rotatable bonds is 5. The smallest absolute Gasteiger partial charge is 0.289 e. The lowest BCUT2D eigenvalue weighted by molar-refractivity contribution is -0.131. The Morgan fingerprint density at radius 1 is 1.06 bits per heavy atom. The van der Waals surface area contributed by atoms with Crippen molar-refractivity contribution in [1.29, 1.82) is 0 Å². The van der Waals surface area contributed by atoms with Crippen LogP contribution in [0.2, 0.25) is 0 Å². The number of piperidine rings is 1. The summed E-state index contributed by atoms with van der Waals surface area (Å²) in [4.78, 5) is 48.0. The van der Waals surface area contributed by atoms with E-state index < -0.39 is 5.91 Å².